The summed E-state index contributed by atoms with van der Waals surface area (Å²) in [6, 6.07) is 7.75. The van der Waals surface area contributed by atoms with Crippen LogP contribution in [0.25, 0.3) is 10.2 Å². The number of ether oxygens (including phenoxy) is 1. The molecule has 0 saturated carbocycles. The van der Waals surface area contributed by atoms with Crippen molar-refractivity contribution in [1.29, 1.82) is 0 Å². The minimum absolute atomic E-state index is 0.109. The second-order valence-electron chi connectivity index (χ2n) is 3.77. The summed E-state index contributed by atoms with van der Waals surface area (Å²) < 4.78 is 6.72. The standard InChI is InChI=1S/C12H12N2O3S2/c1-7(11(13)16)17-10(15)6-18-12-14-8-4-2-3-5-9(8)19-12/h2-5,7H,6H2,1H3,(H2,13,16)/t7-/m0/s1. The molecule has 0 fully saturated rings. The number of amides is 1. The Labute approximate surface area is 118 Å². The van der Waals surface area contributed by atoms with E-state index in [1.807, 2.05) is 24.3 Å². The SMILES string of the molecule is C[C@H](OC(=O)CSc1nc2ccccc2s1)C(N)=O. The first-order valence-electron chi connectivity index (χ1n) is 5.53. The molecule has 19 heavy (non-hydrogen) atoms. The number of hydrogen-bond donors (Lipinski definition) is 1. The van der Waals surface area contributed by atoms with E-state index in [1.54, 1.807) is 0 Å². The van der Waals surface area contributed by atoms with Gasteiger partial charge in [-0.25, -0.2) is 4.98 Å². The highest BCUT2D eigenvalue weighted by atomic mass is 32.2. The summed E-state index contributed by atoms with van der Waals surface area (Å²) in [4.78, 5) is 26.6. The molecule has 0 unspecified atom stereocenters. The molecule has 1 heterocycles. The van der Waals surface area contributed by atoms with Crippen molar-refractivity contribution in [3.05, 3.63) is 24.3 Å². The van der Waals surface area contributed by atoms with Gasteiger partial charge in [-0.05, 0) is 19.1 Å². The van der Waals surface area contributed by atoms with Crippen molar-refractivity contribution in [2.45, 2.75) is 17.4 Å². The minimum atomic E-state index is -0.900. The number of nitrogens with zero attached hydrogens (tertiary/aromatic N) is 1. The molecule has 0 aliphatic carbocycles. The highest BCUT2D eigenvalue weighted by Crippen LogP contribution is 2.29. The Morgan fingerprint density at radius 3 is 2.89 bits per heavy atom. The highest BCUT2D eigenvalue weighted by molar-refractivity contribution is 8.01. The van der Waals surface area contributed by atoms with Gasteiger partial charge in [-0.3, -0.25) is 9.59 Å². The number of carbonyl (C=O) groups excluding carboxylic acids is 2. The van der Waals surface area contributed by atoms with E-state index in [0.717, 1.165) is 14.6 Å². The number of nitrogens with two attached hydrogens (primary N) is 1. The van der Waals surface area contributed by atoms with Crippen LogP contribution in [0.4, 0.5) is 0 Å². The van der Waals surface area contributed by atoms with Crippen LogP contribution < -0.4 is 5.73 Å². The molecule has 0 aliphatic heterocycles. The van der Waals surface area contributed by atoms with E-state index in [2.05, 4.69) is 4.98 Å². The lowest BCUT2D eigenvalue weighted by Crippen LogP contribution is -2.30. The summed E-state index contributed by atoms with van der Waals surface area (Å²) in [5.41, 5.74) is 5.92. The van der Waals surface area contributed by atoms with Gasteiger partial charge >= 0.3 is 5.97 Å². The molecule has 1 amide bonds. The summed E-state index contributed by atoms with van der Waals surface area (Å²) in [5.74, 6) is -1.02. The van der Waals surface area contributed by atoms with Crippen LogP contribution in [0.2, 0.25) is 0 Å². The maximum atomic E-state index is 11.5. The van der Waals surface area contributed by atoms with Crippen LogP contribution in [0, 0.1) is 0 Å². The van der Waals surface area contributed by atoms with Gasteiger partial charge in [-0.1, -0.05) is 23.9 Å². The first-order valence-corrected chi connectivity index (χ1v) is 7.33. The van der Waals surface area contributed by atoms with Crippen LogP contribution in [-0.2, 0) is 14.3 Å². The van der Waals surface area contributed by atoms with Gasteiger partial charge in [0, 0.05) is 0 Å². The Morgan fingerprint density at radius 2 is 2.21 bits per heavy atom. The number of hydrogen-bond acceptors (Lipinski definition) is 6. The maximum Gasteiger partial charge on any atom is 0.317 e. The Balaban J connectivity index is 1.91. The first kappa shape index (κ1) is 13.8. The molecule has 2 N–H and O–H groups in total. The number of esters is 1. The third kappa shape index (κ3) is 3.68. The van der Waals surface area contributed by atoms with Crippen molar-refractivity contribution < 1.29 is 14.3 Å². The lowest BCUT2D eigenvalue weighted by atomic mass is 10.3. The zero-order valence-corrected chi connectivity index (χ0v) is 11.8. The lowest BCUT2D eigenvalue weighted by molar-refractivity contribution is -0.151. The molecule has 7 heteroatoms. The van der Waals surface area contributed by atoms with Gasteiger partial charge < -0.3 is 10.5 Å². The first-order chi connectivity index (χ1) is 9.06. The Hall–Kier alpha value is -1.60. The Morgan fingerprint density at radius 1 is 1.47 bits per heavy atom. The van der Waals surface area contributed by atoms with Gasteiger partial charge in [0.1, 0.15) is 0 Å². The third-order valence-electron chi connectivity index (χ3n) is 2.30. The summed E-state index contributed by atoms with van der Waals surface area (Å²) in [6.07, 6.45) is -0.900. The summed E-state index contributed by atoms with van der Waals surface area (Å²) in [5, 5.41) is 0. The van der Waals surface area contributed by atoms with E-state index in [4.69, 9.17) is 10.5 Å². The number of para-hydroxylation sites is 1. The van der Waals surface area contributed by atoms with Gasteiger partial charge in [0.25, 0.3) is 5.91 Å². The number of benzene rings is 1. The number of thioether (sulfide) groups is 1. The van der Waals surface area contributed by atoms with Gasteiger partial charge in [0.15, 0.2) is 10.4 Å². The molecule has 0 radical (unpaired) electrons. The number of fused-ring (bicyclic) bond motifs is 1. The van der Waals surface area contributed by atoms with Crippen LogP contribution >= 0.6 is 23.1 Å². The van der Waals surface area contributed by atoms with Crippen LogP contribution in [0.1, 0.15) is 6.92 Å². The zero-order chi connectivity index (χ0) is 13.8. The smallest absolute Gasteiger partial charge is 0.317 e. The quantitative estimate of drug-likeness (QED) is 0.672. The normalized spacial score (nSPS) is 12.3. The lowest BCUT2D eigenvalue weighted by Gasteiger charge is -2.08. The second kappa shape index (κ2) is 6.03. The molecule has 0 bridgehead atoms. The molecule has 2 aromatic rings. The van der Waals surface area contributed by atoms with Crippen molar-refractivity contribution in [3.63, 3.8) is 0 Å². The predicted octanol–water partition coefficient (Wildman–Crippen LogP) is 1.81. The van der Waals surface area contributed by atoms with E-state index in [0.29, 0.717) is 0 Å². The number of primary amides is 1. The second-order valence-corrected chi connectivity index (χ2v) is 6.02. The molecular formula is C12H12N2O3S2. The zero-order valence-electron chi connectivity index (χ0n) is 10.2. The average molecular weight is 296 g/mol. The fourth-order valence-electron chi connectivity index (χ4n) is 1.32. The Kier molecular flexibility index (Phi) is 4.39. The van der Waals surface area contributed by atoms with E-state index < -0.39 is 18.0 Å². The summed E-state index contributed by atoms with van der Waals surface area (Å²) in [6.45, 7) is 1.45. The molecule has 100 valence electrons. The molecule has 2 rings (SSSR count). The maximum absolute atomic E-state index is 11.5. The van der Waals surface area contributed by atoms with Crippen molar-refractivity contribution in [2.24, 2.45) is 5.73 Å². The molecule has 0 aliphatic rings. The fraction of sp³-hybridized carbons (Fsp3) is 0.250. The minimum Gasteiger partial charge on any atom is -0.452 e. The topological polar surface area (TPSA) is 82.3 Å². The molecule has 0 spiro atoms. The number of aromatic nitrogens is 1. The van der Waals surface area contributed by atoms with Crippen molar-refractivity contribution in [1.82, 2.24) is 4.98 Å². The van der Waals surface area contributed by atoms with E-state index >= 15 is 0 Å². The molecule has 1 atom stereocenters. The molecule has 5 nitrogen and oxygen atoms in total. The summed E-state index contributed by atoms with van der Waals surface area (Å²) >= 11 is 2.81. The van der Waals surface area contributed by atoms with Gasteiger partial charge in [-0.2, -0.15) is 0 Å². The van der Waals surface area contributed by atoms with Crippen LogP contribution in [0.5, 0.6) is 0 Å². The molecule has 1 aromatic heterocycles. The van der Waals surface area contributed by atoms with E-state index in [1.165, 1.54) is 30.0 Å². The van der Waals surface area contributed by atoms with Crippen molar-refractivity contribution in [2.75, 3.05) is 5.75 Å². The number of carbonyl (C=O) groups is 2. The van der Waals surface area contributed by atoms with Crippen LogP contribution in [0.15, 0.2) is 28.6 Å². The molecule has 0 saturated heterocycles. The van der Waals surface area contributed by atoms with Crippen LogP contribution in [0.3, 0.4) is 0 Å². The van der Waals surface area contributed by atoms with Gasteiger partial charge in [0.05, 0.1) is 16.0 Å². The van der Waals surface area contributed by atoms with Crippen molar-refractivity contribution >= 4 is 45.2 Å². The average Bonchev–Trinajstić information content (AvgIpc) is 2.78. The molecule has 1 aromatic carbocycles. The molecular weight excluding hydrogens is 284 g/mol. The van der Waals surface area contributed by atoms with Gasteiger partial charge in [-0.15, -0.1) is 11.3 Å². The largest absolute Gasteiger partial charge is 0.452 e. The predicted molar refractivity (Wildman–Crippen MR) is 75.1 cm³/mol. The fourth-order valence-corrected chi connectivity index (χ4v) is 3.17. The monoisotopic (exact) mass is 296 g/mol. The third-order valence-corrected chi connectivity index (χ3v) is 4.45. The number of thiazole rings is 1. The summed E-state index contributed by atoms with van der Waals surface area (Å²) in [7, 11) is 0. The number of rotatable bonds is 5. The van der Waals surface area contributed by atoms with Crippen molar-refractivity contribution in [3.8, 4) is 0 Å². The van der Waals surface area contributed by atoms with Gasteiger partial charge in [0.2, 0.25) is 0 Å². The Bertz CT molecular complexity index is 579. The van der Waals surface area contributed by atoms with E-state index in [9.17, 15) is 9.59 Å². The van der Waals surface area contributed by atoms with Crippen LogP contribution in [-0.4, -0.2) is 28.7 Å². The van der Waals surface area contributed by atoms with E-state index in [-0.39, 0.29) is 5.75 Å². The highest BCUT2D eigenvalue weighted by Gasteiger charge is 2.15.